The summed E-state index contributed by atoms with van der Waals surface area (Å²) in [6, 6.07) is 12.3. The van der Waals surface area contributed by atoms with Gasteiger partial charge in [-0.2, -0.15) is 0 Å². The van der Waals surface area contributed by atoms with Crippen molar-refractivity contribution in [3.63, 3.8) is 0 Å². The first-order chi connectivity index (χ1) is 15.5. The van der Waals surface area contributed by atoms with E-state index in [1.54, 1.807) is 19.2 Å². The smallest absolute Gasteiger partial charge is 0.305 e. The Kier molecular flexibility index (Phi) is 9.11. The number of benzene rings is 2. The molecule has 7 heteroatoms. The van der Waals surface area contributed by atoms with Gasteiger partial charge in [-0.05, 0) is 63.6 Å². The second kappa shape index (κ2) is 12.0. The Hall–Kier alpha value is -2.38. The summed E-state index contributed by atoms with van der Waals surface area (Å²) >= 11 is 5.02. The fraction of sp³-hybridized carbons (Fsp3) is 0.320. The molecule has 1 aliphatic carbocycles. The van der Waals surface area contributed by atoms with Gasteiger partial charge in [0.15, 0.2) is 0 Å². The highest BCUT2D eigenvalue weighted by Gasteiger charge is 2.16. The molecule has 0 radical (unpaired) electrons. The maximum atomic E-state index is 14.3. The molecule has 0 bridgehead atoms. The molecule has 4 rings (SSSR count). The van der Waals surface area contributed by atoms with Crippen molar-refractivity contribution in [3.05, 3.63) is 69.3 Å². The predicted molar refractivity (Wildman–Crippen MR) is 129 cm³/mol. The first-order valence-corrected chi connectivity index (χ1v) is 12.1. The summed E-state index contributed by atoms with van der Waals surface area (Å²) in [7, 11) is 2.94. The Morgan fingerprint density at radius 3 is 2.56 bits per heavy atom. The third-order valence-corrected chi connectivity index (χ3v) is 6.94. The first-order valence-electron chi connectivity index (χ1n) is 10.4. The van der Waals surface area contributed by atoms with Crippen molar-refractivity contribution < 1.29 is 23.4 Å². The number of methoxy groups -OCH3 is 2. The lowest BCUT2D eigenvalue weighted by Crippen LogP contribution is -2.02. The minimum atomic E-state index is -0.306. The van der Waals surface area contributed by atoms with Gasteiger partial charge in [0.1, 0.15) is 23.9 Å². The molecule has 32 heavy (non-hydrogen) atoms. The highest BCUT2D eigenvalue weighted by Crippen LogP contribution is 2.40. The molecule has 1 fully saturated rings. The van der Waals surface area contributed by atoms with Crippen LogP contribution in [0, 0.1) is 5.82 Å². The van der Waals surface area contributed by atoms with Crippen LogP contribution in [-0.4, -0.2) is 20.2 Å². The van der Waals surface area contributed by atoms with E-state index in [0.717, 1.165) is 20.5 Å². The van der Waals surface area contributed by atoms with Gasteiger partial charge in [-0.1, -0.05) is 31.4 Å². The van der Waals surface area contributed by atoms with Gasteiger partial charge in [0, 0.05) is 22.0 Å². The van der Waals surface area contributed by atoms with Crippen LogP contribution in [0.2, 0.25) is 0 Å². The Morgan fingerprint density at radius 1 is 1.09 bits per heavy atom. The highest BCUT2D eigenvalue weighted by molar-refractivity contribution is 9.10. The highest BCUT2D eigenvalue weighted by atomic mass is 79.9. The lowest BCUT2D eigenvalue weighted by atomic mass is 10.1. The number of thiophene rings is 1. The van der Waals surface area contributed by atoms with E-state index in [4.69, 9.17) is 9.47 Å². The molecule has 2 aromatic carbocycles. The van der Waals surface area contributed by atoms with E-state index in [1.165, 1.54) is 43.8 Å². The maximum absolute atomic E-state index is 14.3. The minimum Gasteiger partial charge on any atom is -0.497 e. The number of halogens is 2. The number of rotatable bonds is 8. The van der Waals surface area contributed by atoms with Gasteiger partial charge in [0.2, 0.25) is 0 Å². The van der Waals surface area contributed by atoms with Gasteiger partial charge in [0.25, 0.3) is 0 Å². The molecular formula is C25H26BrFO4S. The number of esters is 1. The molecule has 1 aromatic heterocycles. The van der Waals surface area contributed by atoms with Crippen molar-refractivity contribution in [2.75, 3.05) is 14.2 Å². The van der Waals surface area contributed by atoms with E-state index >= 15 is 0 Å². The van der Waals surface area contributed by atoms with Crippen LogP contribution in [0.5, 0.6) is 11.5 Å². The lowest BCUT2D eigenvalue weighted by Gasteiger charge is -2.09. The van der Waals surface area contributed by atoms with Crippen LogP contribution in [0.1, 0.15) is 36.8 Å². The molecule has 0 aliphatic heterocycles. The zero-order valence-electron chi connectivity index (χ0n) is 18.2. The van der Waals surface area contributed by atoms with Crippen molar-refractivity contribution in [2.24, 2.45) is 0 Å². The molecule has 0 saturated heterocycles. The summed E-state index contributed by atoms with van der Waals surface area (Å²) < 4.78 is 30.9. The van der Waals surface area contributed by atoms with Crippen LogP contribution >= 0.6 is 27.3 Å². The zero-order valence-corrected chi connectivity index (χ0v) is 20.6. The van der Waals surface area contributed by atoms with Gasteiger partial charge in [-0.3, -0.25) is 4.79 Å². The number of carbonyl (C=O) groups is 1. The van der Waals surface area contributed by atoms with Gasteiger partial charge >= 0.3 is 5.97 Å². The second-order valence-corrected chi connectivity index (χ2v) is 9.00. The minimum absolute atomic E-state index is 0.240. The lowest BCUT2D eigenvalue weighted by molar-refractivity contribution is -0.140. The largest absolute Gasteiger partial charge is 0.497 e. The third-order valence-electron chi connectivity index (χ3n) is 4.71. The summed E-state index contributed by atoms with van der Waals surface area (Å²) in [5.41, 5.74) is 2.40. The molecule has 0 N–H and O–H groups in total. The molecule has 3 aromatic rings. The van der Waals surface area contributed by atoms with Crippen LogP contribution in [0.4, 0.5) is 4.39 Å². The zero-order chi connectivity index (χ0) is 22.9. The quantitative estimate of drug-likeness (QED) is 0.295. The number of aryl methyl sites for hydroxylation is 1. The average Bonchev–Trinajstić information content (AvgIpc) is 3.66. The summed E-state index contributed by atoms with van der Waals surface area (Å²) in [5, 5.41) is 1.94. The van der Waals surface area contributed by atoms with Crippen LogP contribution in [0.15, 0.2) is 52.3 Å². The van der Waals surface area contributed by atoms with Crippen LogP contribution < -0.4 is 9.47 Å². The molecule has 0 spiro atoms. The van der Waals surface area contributed by atoms with Crippen LogP contribution in [-0.2, 0) is 22.6 Å². The number of ether oxygens (including phenoxy) is 3. The second-order valence-electron chi connectivity index (χ2n) is 7.32. The summed E-state index contributed by atoms with van der Waals surface area (Å²) in [6.45, 7) is 0.336. The molecule has 4 nitrogen and oxygen atoms in total. The maximum Gasteiger partial charge on any atom is 0.305 e. The normalized spacial score (nSPS) is 11.9. The Bertz CT molecular complexity index is 1050. The van der Waals surface area contributed by atoms with Crippen molar-refractivity contribution in [1.29, 1.82) is 0 Å². The van der Waals surface area contributed by atoms with Crippen molar-refractivity contribution in [1.82, 2.24) is 0 Å². The Labute approximate surface area is 200 Å². The van der Waals surface area contributed by atoms with E-state index in [1.807, 2.05) is 29.6 Å². The monoisotopic (exact) mass is 520 g/mol. The summed E-state index contributed by atoms with van der Waals surface area (Å²) in [4.78, 5) is 12.1. The SMILES string of the molecule is C1CC1.COC(=O)CCc1cccc(OCc2csc(-c3cc(OC)ccc3F)c2Br)c1. The molecule has 1 saturated carbocycles. The number of hydrogen-bond donors (Lipinski definition) is 0. The molecule has 1 aliphatic rings. The standard InChI is InChI=1S/C22H20BrFO4S.C3H6/c1-26-16-7-8-19(24)18(11-16)22-21(23)15(13-29-22)12-28-17-5-3-4-14(10-17)6-9-20(25)27-2;1-2-3-1/h3-5,7-8,10-11,13H,6,9,12H2,1-2H3;1-3H2. The molecular weight excluding hydrogens is 495 g/mol. The van der Waals surface area contributed by atoms with E-state index in [2.05, 4.69) is 20.7 Å². The van der Waals surface area contributed by atoms with E-state index in [9.17, 15) is 9.18 Å². The van der Waals surface area contributed by atoms with E-state index < -0.39 is 0 Å². The van der Waals surface area contributed by atoms with Crippen LogP contribution in [0.25, 0.3) is 10.4 Å². The van der Waals surface area contributed by atoms with E-state index in [-0.39, 0.29) is 11.8 Å². The molecule has 0 atom stereocenters. The molecule has 0 amide bonds. The van der Waals surface area contributed by atoms with Gasteiger partial charge < -0.3 is 14.2 Å². The van der Waals surface area contributed by atoms with Gasteiger partial charge in [-0.15, -0.1) is 11.3 Å². The Balaban J connectivity index is 0.000000887. The predicted octanol–water partition coefficient (Wildman–Crippen LogP) is 7.18. The topological polar surface area (TPSA) is 44.8 Å². The summed E-state index contributed by atoms with van der Waals surface area (Å²) in [6.07, 6.45) is 5.41. The number of carbonyl (C=O) groups excluding carboxylic acids is 1. The molecule has 170 valence electrons. The fourth-order valence-electron chi connectivity index (χ4n) is 2.76. The van der Waals surface area contributed by atoms with Crippen LogP contribution in [0.3, 0.4) is 0 Å². The van der Waals surface area contributed by atoms with E-state index in [0.29, 0.717) is 36.5 Å². The van der Waals surface area contributed by atoms with Gasteiger partial charge in [-0.25, -0.2) is 4.39 Å². The molecule has 0 unspecified atom stereocenters. The number of hydrogen-bond acceptors (Lipinski definition) is 5. The Morgan fingerprint density at radius 2 is 1.88 bits per heavy atom. The van der Waals surface area contributed by atoms with Crippen molar-refractivity contribution in [2.45, 2.75) is 38.7 Å². The fourth-order valence-corrected chi connectivity index (χ4v) is 4.60. The van der Waals surface area contributed by atoms with Crippen molar-refractivity contribution >= 4 is 33.2 Å². The van der Waals surface area contributed by atoms with Gasteiger partial charge in [0.05, 0.1) is 19.1 Å². The summed E-state index contributed by atoms with van der Waals surface area (Å²) in [5.74, 6) is 0.762. The molecule has 1 heterocycles. The average molecular weight is 521 g/mol. The van der Waals surface area contributed by atoms with Crippen molar-refractivity contribution in [3.8, 4) is 21.9 Å². The third kappa shape index (κ3) is 7.07. The first kappa shape index (κ1) is 24.3.